The molecule has 3 heteroatoms. The molecule has 0 amide bonds. The highest BCUT2D eigenvalue weighted by atomic mass is 16.5. The van der Waals surface area contributed by atoms with Gasteiger partial charge in [-0.2, -0.15) is 0 Å². The summed E-state index contributed by atoms with van der Waals surface area (Å²) in [5, 5.41) is 0. The number of hydrogen-bond acceptors (Lipinski definition) is 3. The third kappa shape index (κ3) is 4.09. The minimum absolute atomic E-state index is 0.436. The van der Waals surface area contributed by atoms with Crippen molar-refractivity contribution < 1.29 is 4.74 Å². The summed E-state index contributed by atoms with van der Waals surface area (Å²) in [7, 11) is 0. The summed E-state index contributed by atoms with van der Waals surface area (Å²) < 4.78 is 5.92. The van der Waals surface area contributed by atoms with E-state index in [2.05, 4.69) is 18.7 Å². The molecule has 2 N–H and O–H groups in total. The lowest BCUT2D eigenvalue weighted by molar-refractivity contribution is 0.0186. The van der Waals surface area contributed by atoms with E-state index in [0.717, 1.165) is 32.8 Å². The largest absolute Gasteiger partial charge is 0.377 e. The molecular weight excluding hydrogens is 188 g/mol. The lowest BCUT2D eigenvalue weighted by Crippen LogP contribution is -2.31. The zero-order chi connectivity index (χ0) is 11.1. The van der Waals surface area contributed by atoms with Crippen molar-refractivity contribution in [3.05, 3.63) is 0 Å². The third-order valence-corrected chi connectivity index (χ3v) is 3.53. The van der Waals surface area contributed by atoms with E-state index < -0.39 is 0 Å². The van der Waals surface area contributed by atoms with Gasteiger partial charge in [0.25, 0.3) is 0 Å². The van der Waals surface area contributed by atoms with Crippen molar-refractivity contribution in [1.82, 2.24) is 4.90 Å². The Morgan fingerprint density at radius 2 is 2.00 bits per heavy atom. The summed E-state index contributed by atoms with van der Waals surface area (Å²) in [5.41, 5.74) is 5.72. The van der Waals surface area contributed by atoms with Gasteiger partial charge in [-0.05, 0) is 38.4 Å². The predicted octanol–water partition coefficient (Wildman–Crippen LogP) is 1.47. The molecule has 1 saturated carbocycles. The molecule has 3 nitrogen and oxygen atoms in total. The van der Waals surface area contributed by atoms with Crippen LogP contribution in [0.5, 0.6) is 0 Å². The number of nitrogens with two attached hydrogens (primary N) is 1. The first kappa shape index (κ1) is 12.9. The van der Waals surface area contributed by atoms with Crippen LogP contribution in [0.4, 0.5) is 0 Å². The molecule has 1 aliphatic rings. The fourth-order valence-corrected chi connectivity index (χ4v) is 2.36. The summed E-state index contributed by atoms with van der Waals surface area (Å²) in [4.78, 5) is 2.40. The van der Waals surface area contributed by atoms with Crippen LogP contribution in [-0.4, -0.2) is 43.8 Å². The van der Waals surface area contributed by atoms with Gasteiger partial charge >= 0.3 is 0 Å². The fraction of sp³-hybridized carbons (Fsp3) is 1.00. The van der Waals surface area contributed by atoms with Gasteiger partial charge in [0, 0.05) is 6.54 Å². The minimum Gasteiger partial charge on any atom is -0.377 e. The van der Waals surface area contributed by atoms with E-state index in [9.17, 15) is 0 Å². The Morgan fingerprint density at radius 1 is 1.27 bits per heavy atom. The molecule has 0 radical (unpaired) electrons. The van der Waals surface area contributed by atoms with Gasteiger partial charge in [-0.25, -0.2) is 0 Å². The van der Waals surface area contributed by atoms with Crippen molar-refractivity contribution >= 4 is 0 Å². The van der Waals surface area contributed by atoms with Gasteiger partial charge in [-0.15, -0.1) is 0 Å². The number of hydrogen-bond donors (Lipinski definition) is 1. The molecule has 0 aromatic heterocycles. The monoisotopic (exact) mass is 214 g/mol. The summed E-state index contributed by atoms with van der Waals surface area (Å²) >= 11 is 0. The normalized spacial score (nSPS) is 26.4. The van der Waals surface area contributed by atoms with Crippen LogP contribution in [0, 0.1) is 5.92 Å². The van der Waals surface area contributed by atoms with Crippen LogP contribution in [-0.2, 0) is 4.74 Å². The van der Waals surface area contributed by atoms with Gasteiger partial charge in [0.15, 0.2) is 0 Å². The van der Waals surface area contributed by atoms with E-state index in [1.165, 1.54) is 19.3 Å². The summed E-state index contributed by atoms with van der Waals surface area (Å²) in [6.45, 7) is 9.33. The van der Waals surface area contributed by atoms with E-state index in [1.54, 1.807) is 0 Å². The molecule has 0 saturated heterocycles. The Labute approximate surface area is 94.0 Å². The lowest BCUT2D eigenvalue weighted by atomic mass is 10.1. The summed E-state index contributed by atoms with van der Waals surface area (Å²) in [5.74, 6) is 0.613. The number of rotatable bonds is 7. The molecule has 15 heavy (non-hydrogen) atoms. The van der Waals surface area contributed by atoms with Crippen molar-refractivity contribution in [2.24, 2.45) is 11.7 Å². The van der Waals surface area contributed by atoms with E-state index in [0.29, 0.717) is 12.0 Å². The van der Waals surface area contributed by atoms with E-state index in [-0.39, 0.29) is 0 Å². The average Bonchev–Trinajstić information content (AvgIpc) is 2.72. The Morgan fingerprint density at radius 3 is 2.60 bits per heavy atom. The Balaban J connectivity index is 2.13. The first-order chi connectivity index (χ1) is 7.31. The number of nitrogens with zero attached hydrogens (tertiary/aromatic N) is 1. The first-order valence-electron chi connectivity index (χ1n) is 6.35. The molecule has 0 spiro atoms. The predicted molar refractivity (Wildman–Crippen MR) is 63.9 cm³/mol. The molecule has 0 aromatic carbocycles. The van der Waals surface area contributed by atoms with Crippen LogP contribution in [0.2, 0.25) is 0 Å². The molecule has 0 aromatic rings. The standard InChI is InChI=1S/C12H26N2O/c1-3-14(4-2)8-9-15-12-7-5-6-11(12)10-13/h11-12H,3-10,13H2,1-2H3. The van der Waals surface area contributed by atoms with Crippen LogP contribution in [0.3, 0.4) is 0 Å². The maximum Gasteiger partial charge on any atom is 0.0616 e. The van der Waals surface area contributed by atoms with E-state index in [4.69, 9.17) is 10.5 Å². The molecule has 0 heterocycles. The number of ether oxygens (including phenoxy) is 1. The van der Waals surface area contributed by atoms with Gasteiger partial charge in [0.05, 0.1) is 12.7 Å². The van der Waals surface area contributed by atoms with E-state index >= 15 is 0 Å². The van der Waals surface area contributed by atoms with Crippen molar-refractivity contribution in [2.75, 3.05) is 32.8 Å². The molecule has 1 aliphatic carbocycles. The Hall–Kier alpha value is -0.120. The molecule has 2 atom stereocenters. The van der Waals surface area contributed by atoms with E-state index in [1.807, 2.05) is 0 Å². The van der Waals surface area contributed by atoms with Crippen molar-refractivity contribution in [2.45, 2.75) is 39.2 Å². The van der Waals surface area contributed by atoms with Gasteiger partial charge < -0.3 is 15.4 Å². The average molecular weight is 214 g/mol. The molecule has 0 bridgehead atoms. The van der Waals surface area contributed by atoms with Crippen LogP contribution in [0.1, 0.15) is 33.1 Å². The molecule has 0 aliphatic heterocycles. The Bertz CT molecular complexity index is 160. The highest BCUT2D eigenvalue weighted by Crippen LogP contribution is 2.27. The van der Waals surface area contributed by atoms with Crippen molar-refractivity contribution in [3.8, 4) is 0 Å². The summed E-state index contributed by atoms with van der Waals surface area (Å²) in [6, 6.07) is 0. The van der Waals surface area contributed by atoms with Crippen LogP contribution >= 0.6 is 0 Å². The smallest absolute Gasteiger partial charge is 0.0616 e. The van der Waals surface area contributed by atoms with Gasteiger partial charge in [0.1, 0.15) is 0 Å². The lowest BCUT2D eigenvalue weighted by Gasteiger charge is -2.22. The summed E-state index contributed by atoms with van der Waals surface area (Å²) in [6.07, 6.45) is 4.19. The zero-order valence-electron chi connectivity index (χ0n) is 10.2. The maximum atomic E-state index is 5.92. The van der Waals surface area contributed by atoms with Crippen LogP contribution in [0.25, 0.3) is 0 Å². The fourth-order valence-electron chi connectivity index (χ4n) is 2.36. The van der Waals surface area contributed by atoms with Gasteiger partial charge in [-0.3, -0.25) is 0 Å². The molecule has 2 unspecified atom stereocenters. The second-order valence-corrected chi connectivity index (χ2v) is 4.36. The SMILES string of the molecule is CCN(CC)CCOC1CCCC1CN. The molecule has 90 valence electrons. The van der Waals surface area contributed by atoms with Crippen molar-refractivity contribution in [1.29, 1.82) is 0 Å². The second kappa shape index (κ2) is 7.20. The van der Waals surface area contributed by atoms with Gasteiger partial charge in [0.2, 0.25) is 0 Å². The topological polar surface area (TPSA) is 38.5 Å². The maximum absolute atomic E-state index is 5.92. The first-order valence-corrected chi connectivity index (χ1v) is 6.35. The van der Waals surface area contributed by atoms with Crippen molar-refractivity contribution in [3.63, 3.8) is 0 Å². The second-order valence-electron chi connectivity index (χ2n) is 4.36. The number of likely N-dealkylation sites (N-methyl/N-ethyl adjacent to an activating group) is 1. The zero-order valence-corrected chi connectivity index (χ0v) is 10.2. The van der Waals surface area contributed by atoms with Crippen LogP contribution < -0.4 is 5.73 Å². The third-order valence-electron chi connectivity index (χ3n) is 3.53. The Kier molecular flexibility index (Phi) is 6.22. The highest BCUT2D eigenvalue weighted by molar-refractivity contribution is 4.78. The van der Waals surface area contributed by atoms with Crippen LogP contribution in [0.15, 0.2) is 0 Å². The molecular formula is C12H26N2O. The molecule has 1 fully saturated rings. The highest BCUT2D eigenvalue weighted by Gasteiger charge is 2.26. The van der Waals surface area contributed by atoms with Gasteiger partial charge in [-0.1, -0.05) is 20.3 Å². The minimum atomic E-state index is 0.436. The molecule has 1 rings (SSSR count). The quantitative estimate of drug-likeness (QED) is 0.697.